The van der Waals surface area contributed by atoms with Crippen LogP contribution in [0.4, 0.5) is 11.5 Å². The van der Waals surface area contributed by atoms with E-state index < -0.39 is 0 Å². The Morgan fingerprint density at radius 3 is 2.68 bits per heavy atom. The van der Waals surface area contributed by atoms with Crippen molar-refractivity contribution in [1.82, 2.24) is 4.98 Å². The Morgan fingerprint density at radius 2 is 2.03 bits per heavy atom. The molecule has 2 aromatic rings. The summed E-state index contributed by atoms with van der Waals surface area (Å²) in [5.41, 5.74) is 2.23. The molecule has 0 N–H and O–H groups in total. The summed E-state index contributed by atoms with van der Waals surface area (Å²) in [6, 6.07) is 10.2. The number of Topliss-reactive ketones (excluding diaryl/α,β-unsaturated/α-hetero) is 1. The first-order chi connectivity index (χ1) is 14.9. The molecule has 1 aliphatic rings. The van der Waals surface area contributed by atoms with Gasteiger partial charge in [-0.05, 0) is 43.0 Å². The molecule has 0 spiro atoms. The smallest absolute Gasteiger partial charge is 0.184 e. The number of ketones is 1. The molecule has 1 saturated heterocycles. The van der Waals surface area contributed by atoms with Crippen LogP contribution in [-0.4, -0.2) is 50.7 Å². The highest BCUT2D eigenvalue weighted by atomic mass is 16.5. The van der Waals surface area contributed by atoms with Gasteiger partial charge in [-0.25, -0.2) is 4.98 Å². The molecular formula is C25H35N3O3. The van der Waals surface area contributed by atoms with Gasteiger partial charge < -0.3 is 24.1 Å². The van der Waals surface area contributed by atoms with Crippen LogP contribution in [-0.2, 0) is 4.79 Å². The van der Waals surface area contributed by atoms with E-state index in [2.05, 4.69) is 47.8 Å². The van der Waals surface area contributed by atoms with Crippen molar-refractivity contribution >= 4 is 17.3 Å². The summed E-state index contributed by atoms with van der Waals surface area (Å²) in [5.74, 6) is 3.02. The van der Waals surface area contributed by atoms with Gasteiger partial charge in [-0.2, -0.15) is 0 Å². The second kappa shape index (κ2) is 10.5. The number of carbonyl (C=O) groups is 1. The Hall–Kier alpha value is -2.76. The van der Waals surface area contributed by atoms with Crippen LogP contribution in [0.1, 0.15) is 51.5 Å². The summed E-state index contributed by atoms with van der Waals surface area (Å²) >= 11 is 0. The SMILES string of the molecule is CCCN(C)c1nccc(N2CC[C@@H](Oc3ccc([C@H](C)CC(C)=O)cc3)C2)c1OC. The number of carbonyl (C=O) groups excluding carboxylic acids is 1. The van der Waals surface area contributed by atoms with Crippen molar-refractivity contribution in [3.05, 3.63) is 42.1 Å². The normalized spacial score (nSPS) is 16.8. The first kappa shape index (κ1) is 22.9. The first-order valence-corrected chi connectivity index (χ1v) is 11.2. The van der Waals surface area contributed by atoms with Crippen LogP contribution in [0, 0.1) is 0 Å². The zero-order chi connectivity index (χ0) is 22.4. The monoisotopic (exact) mass is 425 g/mol. The Morgan fingerprint density at radius 1 is 1.29 bits per heavy atom. The zero-order valence-corrected chi connectivity index (χ0v) is 19.4. The average molecular weight is 426 g/mol. The Kier molecular flexibility index (Phi) is 7.77. The summed E-state index contributed by atoms with van der Waals surface area (Å²) in [5, 5.41) is 0. The molecule has 2 heterocycles. The van der Waals surface area contributed by atoms with Gasteiger partial charge >= 0.3 is 0 Å². The largest absolute Gasteiger partial charge is 0.491 e. The van der Waals surface area contributed by atoms with E-state index >= 15 is 0 Å². The Bertz CT molecular complexity index is 869. The molecule has 3 rings (SSSR count). The fraction of sp³-hybridized carbons (Fsp3) is 0.520. The quantitative estimate of drug-likeness (QED) is 0.551. The van der Waals surface area contributed by atoms with E-state index in [1.54, 1.807) is 14.0 Å². The van der Waals surface area contributed by atoms with Gasteiger partial charge in [-0.15, -0.1) is 0 Å². The summed E-state index contributed by atoms with van der Waals surface area (Å²) in [6.45, 7) is 8.53. The lowest BCUT2D eigenvalue weighted by molar-refractivity contribution is -0.117. The van der Waals surface area contributed by atoms with Crippen molar-refractivity contribution in [2.24, 2.45) is 0 Å². The highest BCUT2D eigenvalue weighted by Gasteiger charge is 2.28. The number of hydrogen-bond donors (Lipinski definition) is 0. The molecule has 0 radical (unpaired) electrons. The van der Waals surface area contributed by atoms with Crippen molar-refractivity contribution in [1.29, 1.82) is 0 Å². The molecule has 0 bridgehead atoms. The lowest BCUT2D eigenvalue weighted by atomic mass is 9.96. The molecule has 1 aromatic carbocycles. The van der Waals surface area contributed by atoms with Gasteiger partial charge in [0.2, 0.25) is 0 Å². The maximum absolute atomic E-state index is 11.4. The molecular weight excluding hydrogens is 390 g/mol. The highest BCUT2D eigenvalue weighted by Crippen LogP contribution is 2.37. The maximum Gasteiger partial charge on any atom is 0.184 e. The number of benzene rings is 1. The number of pyridine rings is 1. The van der Waals surface area contributed by atoms with E-state index in [1.807, 2.05) is 24.4 Å². The minimum atomic E-state index is 0.121. The number of anilines is 2. The minimum absolute atomic E-state index is 0.121. The van der Waals surface area contributed by atoms with Crippen molar-refractivity contribution < 1.29 is 14.3 Å². The predicted octanol–water partition coefficient (Wildman–Crippen LogP) is 4.68. The molecule has 2 atom stereocenters. The highest BCUT2D eigenvalue weighted by molar-refractivity contribution is 5.76. The van der Waals surface area contributed by atoms with E-state index in [9.17, 15) is 4.79 Å². The van der Waals surface area contributed by atoms with Crippen LogP contribution in [0.3, 0.4) is 0 Å². The third kappa shape index (κ3) is 5.69. The fourth-order valence-electron chi connectivity index (χ4n) is 4.25. The number of ether oxygens (including phenoxy) is 2. The van der Waals surface area contributed by atoms with Gasteiger partial charge in [0.1, 0.15) is 17.6 Å². The van der Waals surface area contributed by atoms with Gasteiger partial charge in [-0.1, -0.05) is 26.0 Å². The minimum Gasteiger partial charge on any atom is -0.491 e. The lowest BCUT2D eigenvalue weighted by Crippen LogP contribution is -2.26. The number of aromatic nitrogens is 1. The van der Waals surface area contributed by atoms with Gasteiger partial charge in [0, 0.05) is 39.2 Å². The van der Waals surface area contributed by atoms with E-state index in [-0.39, 0.29) is 17.8 Å². The number of rotatable bonds is 10. The van der Waals surface area contributed by atoms with E-state index in [0.29, 0.717) is 6.42 Å². The van der Waals surface area contributed by atoms with E-state index in [4.69, 9.17) is 9.47 Å². The second-order valence-corrected chi connectivity index (χ2v) is 8.46. The van der Waals surface area contributed by atoms with Crippen molar-refractivity contribution in [2.45, 2.75) is 52.1 Å². The molecule has 1 aromatic heterocycles. The molecule has 0 aliphatic carbocycles. The summed E-state index contributed by atoms with van der Waals surface area (Å²) < 4.78 is 12.0. The number of nitrogens with zero attached hydrogens (tertiary/aromatic N) is 3. The molecule has 6 nitrogen and oxygen atoms in total. The fourth-order valence-corrected chi connectivity index (χ4v) is 4.25. The lowest BCUT2D eigenvalue weighted by Gasteiger charge is -2.26. The van der Waals surface area contributed by atoms with E-state index in [0.717, 1.165) is 55.5 Å². The molecule has 0 unspecified atom stereocenters. The zero-order valence-electron chi connectivity index (χ0n) is 19.4. The topological polar surface area (TPSA) is 54.9 Å². The van der Waals surface area contributed by atoms with Gasteiger partial charge in [0.05, 0.1) is 19.3 Å². The Balaban J connectivity index is 1.66. The second-order valence-electron chi connectivity index (χ2n) is 8.46. The number of hydrogen-bond acceptors (Lipinski definition) is 6. The van der Waals surface area contributed by atoms with Crippen LogP contribution in [0.15, 0.2) is 36.5 Å². The third-order valence-corrected chi connectivity index (χ3v) is 5.82. The average Bonchev–Trinajstić information content (AvgIpc) is 3.21. The predicted molar refractivity (Wildman–Crippen MR) is 126 cm³/mol. The van der Waals surface area contributed by atoms with Crippen LogP contribution < -0.4 is 19.3 Å². The maximum atomic E-state index is 11.4. The van der Waals surface area contributed by atoms with Crippen LogP contribution in [0.5, 0.6) is 11.5 Å². The molecule has 31 heavy (non-hydrogen) atoms. The van der Waals surface area contributed by atoms with Crippen molar-refractivity contribution in [2.75, 3.05) is 43.6 Å². The van der Waals surface area contributed by atoms with Crippen LogP contribution in [0.25, 0.3) is 0 Å². The molecule has 0 amide bonds. The van der Waals surface area contributed by atoms with E-state index in [1.165, 1.54) is 5.56 Å². The van der Waals surface area contributed by atoms with Gasteiger partial charge in [-0.3, -0.25) is 0 Å². The van der Waals surface area contributed by atoms with Crippen LogP contribution >= 0.6 is 0 Å². The molecule has 168 valence electrons. The summed E-state index contributed by atoms with van der Waals surface area (Å²) in [4.78, 5) is 20.4. The summed E-state index contributed by atoms with van der Waals surface area (Å²) in [6.07, 6.45) is 4.55. The first-order valence-electron chi connectivity index (χ1n) is 11.2. The van der Waals surface area contributed by atoms with Crippen LogP contribution in [0.2, 0.25) is 0 Å². The molecule has 1 fully saturated rings. The molecule has 1 aliphatic heterocycles. The summed E-state index contributed by atoms with van der Waals surface area (Å²) in [7, 11) is 3.76. The van der Waals surface area contributed by atoms with Gasteiger partial charge in [0.25, 0.3) is 0 Å². The van der Waals surface area contributed by atoms with Gasteiger partial charge in [0.15, 0.2) is 11.6 Å². The molecule has 6 heteroatoms. The number of methoxy groups -OCH3 is 1. The standard InChI is InChI=1S/C25H35N3O3/c1-6-14-27(4)25-24(30-5)23(11-13-26-25)28-15-12-22(17-28)31-21-9-7-20(8-10-21)18(2)16-19(3)29/h7-11,13,18,22H,6,12,14-17H2,1-5H3/t18-,22-/m1/s1. The Labute approximate surface area is 186 Å². The third-order valence-electron chi connectivity index (χ3n) is 5.82. The van der Waals surface area contributed by atoms with Crippen molar-refractivity contribution in [3.8, 4) is 11.5 Å². The molecule has 0 saturated carbocycles. The van der Waals surface area contributed by atoms with Crippen molar-refractivity contribution in [3.63, 3.8) is 0 Å².